The van der Waals surface area contributed by atoms with Crippen LogP contribution in [-0.2, 0) is 9.53 Å². The van der Waals surface area contributed by atoms with E-state index in [1.54, 1.807) is 18.3 Å². The molecule has 1 unspecified atom stereocenters. The minimum Gasteiger partial charge on any atom is -0.378 e. The summed E-state index contributed by atoms with van der Waals surface area (Å²) < 4.78 is 21.5. The number of halogens is 4. The Bertz CT molecular complexity index is 1310. The third kappa shape index (κ3) is 5.30. The summed E-state index contributed by atoms with van der Waals surface area (Å²) >= 11 is 19.0. The van der Waals surface area contributed by atoms with Crippen molar-refractivity contribution in [3.8, 4) is 0 Å². The van der Waals surface area contributed by atoms with E-state index in [2.05, 4.69) is 15.6 Å². The standard InChI is InChI=1S/C24H27Cl3FN7O2/c1-24(21(29)36)5-2-13(3-6-24)35-20-18(10-30-22(34-20)31-17-4-7-37-11-16(17)28)32-23(35)33-19-14(26)8-12(25)9-15(19)27/h8-10,13,16-17H,2-7,11H2,1H3,(H2,29,36)(H,32,33)(H,30,31,34)/t13?,16-,17?,24?/m1/s1. The van der Waals surface area contributed by atoms with Gasteiger partial charge in [-0.05, 0) is 44.2 Å². The molecule has 3 aromatic rings. The number of imidazole rings is 1. The molecule has 0 radical (unpaired) electrons. The first-order valence-electron chi connectivity index (χ1n) is 12.1. The second kappa shape index (κ2) is 10.4. The van der Waals surface area contributed by atoms with Gasteiger partial charge in [0.1, 0.15) is 11.7 Å². The molecule has 1 saturated carbocycles. The first-order valence-corrected chi connectivity index (χ1v) is 13.2. The van der Waals surface area contributed by atoms with Crippen LogP contribution < -0.4 is 16.4 Å². The van der Waals surface area contributed by atoms with Gasteiger partial charge in [0.15, 0.2) is 5.65 Å². The van der Waals surface area contributed by atoms with Gasteiger partial charge in [-0.3, -0.25) is 9.36 Å². The second-order valence-electron chi connectivity index (χ2n) is 9.86. The molecular formula is C24H27Cl3FN7O2. The summed E-state index contributed by atoms with van der Waals surface area (Å²) in [5, 5.41) is 7.44. The number of hydrogen-bond donors (Lipinski definition) is 3. The van der Waals surface area contributed by atoms with E-state index in [0.29, 0.717) is 82.5 Å². The van der Waals surface area contributed by atoms with E-state index in [-0.39, 0.29) is 18.6 Å². The van der Waals surface area contributed by atoms with E-state index in [4.69, 9.17) is 55.2 Å². The Labute approximate surface area is 228 Å². The van der Waals surface area contributed by atoms with Crippen LogP contribution in [0.2, 0.25) is 15.1 Å². The summed E-state index contributed by atoms with van der Waals surface area (Å²) in [5.74, 6) is 0.468. The van der Waals surface area contributed by atoms with E-state index in [0.717, 1.165) is 0 Å². The van der Waals surface area contributed by atoms with Crippen molar-refractivity contribution in [1.82, 2.24) is 19.5 Å². The van der Waals surface area contributed by atoms with E-state index in [9.17, 15) is 9.18 Å². The lowest BCUT2D eigenvalue weighted by atomic mass is 9.73. The Hall–Kier alpha value is -2.40. The number of fused-ring (bicyclic) bond motifs is 1. The highest BCUT2D eigenvalue weighted by Crippen LogP contribution is 2.44. The number of carbonyl (C=O) groups is 1. The Morgan fingerprint density at radius 3 is 2.54 bits per heavy atom. The predicted octanol–water partition coefficient (Wildman–Crippen LogP) is 5.68. The highest BCUT2D eigenvalue weighted by molar-refractivity contribution is 6.41. The summed E-state index contributed by atoms with van der Waals surface area (Å²) in [6.07, 6.45) is 3.56. The normalized spacial score (nSPS) is 26.2. The molecule has 5 rings (SSSR count). The van der Waals surface area contributed by atoms with Crippen molar-refractivity contribution in [3.05, 3.63) is 33.4 Å². The van der Waals surface area contributed by atoms with Gasteiger partial charge >= 0.3 is 0 Å². The molecule has 1 aliphatic carbocycles. The third-order valence-electron chi connectivity index (χ3n) is 7.30. The van der Waals surface area contributed by atoms with Crippen molar-refractivity contribution in [2.75, 3.05) is 23.8 Å². The van der Waals surface area contributed by atoms with Crippen LogP contribution in [0.4, 0.5) is 22.0 Å². The molecule has 13 heteroatoms. The topological polar surface area (TPSA) is 120 Å². The molecule has 3 heterocycles. The summed E-state index contributed by atoms with van der Waals surface area (Å²) in [6, 6.07) is 2.70. The van der Waals surface area contributed by atoms with Crippen LogP contribution in [0.15, 0.2) is 18.3 Å². The summed E-state index contributed by atoms with van der Waals surface area (Å²) in [5.41, 5.74) is 6.67. The summed E-state index contributed by atoms with van der Waals surface area (Å²) in [6.45, 7) is 2.40. The van der Waals surface area contributed by atoms with Gasteiger partial charge in [-0.1, -0.05) is 41.7 Å². The maximum absolute atomic E-state index is 14.4. The van der Waals surface area contributed by atoms with E-state index in [1.807, 2.05) is 11.5 Å². The molecule has 37 heavy (non-hydrogen) atoms. The first-order chi connectivity index (χ1) is 17.6. The minimum absolute atomic E-state index is 0.0369. The quantitative estimate of drug-likeness (QED) is 0.349. The highest BCUT2D eigenvalue weighted by Gasteiger charge is 2.38. The molecule has 2 fully saturated rings. The molecule has 4 N–H and O–H groups in total. The molecule has 1 aromatic carbocycles. The van der Waals surface area contributed by atoms with E-state index in [1.165, 1.54) is 0 Å². The number of aromatic nitrogens is 4. The number of alkyl halides is 1. The van der Waals surface area contributed by atoms with Crippen molar-refractivity contribution < 1.29 is 13.9 Å². The van der Waals surface area contributed by atoms with Crippen molar-refractivity contribution in [3.63, 3.8) is 0 Å². The molecule has 2 aromatic heterocycles. The largest absolute Gasteiger partial charge is 0.378 e. The number of hydrogen-bond acceptors (Lipinski definition) is 7. The van der Waals surface area contributed by atoms with Crippen molar-refractivity contribution >= 4 is 69.5 Å². The molecule has 2 atom stereocenters. The Morgan fingerprint density at radius 2 is 1.89 bits per heavy atom. The zero-order valence-corrected chi connectivity index (χ0v) is 22.4. The molecule has 0 bridgehead atoms. The fraction of sp³-hybridized carbons (Fsp3) is 0.500. The zero-order chi connectivity index (χ0) is 26.3. The van der Waals surface area contributed by atoms with Crippen molar-refractivity contribution in [2.45, 2.75) is 57.3 Å². The van der Waals surface area contributed by atoms with Crippen LogP contribution in [-0.4, -0.2) is 50.9 Å². The summed E-state index contributed by atoms with van der Waals surface area (Å²) in [4.78, 5) is 25.9. The molecule has 1 aliphatic heterocycles. The monoisotopic (exact) mass is 569 g/mol. The first kappa shape index (κ1) is 26.2. The zero-order valence-electron chi connectivity index (χ0n) is 20.1. The van der Waals surface area contributed by atoms with E-state index >= 15 is 0 Å². The van der Waals surface area contributed by atoms with Crippen LogP contribution in [0.5, 0.6) is 0 Å². The van der Waals surface area contributed by atoms with Gasteiger partial charge < -0.3 is 21.1 Å². The molecule has 198 valence electrons. The summed E-state index contributed by atoms with van der Waals surface area (Å²) in [7, 11) is 0. The fourth-order valence-electron chi connectivity index (χ4n) is 4.94. The molecule has 1 amide bonds. The van der Waals surface area contributed by atoms with Crippen LogP contribution in [0.1, 0.15) is 45.1 Å². The Balaban J connectivity index is 1.54. The molecule has 1 saturated heterocycles. The average molecular weight is 571 g/mol. The number of rotatable bonds is 6. The van der Waals surface area contributed by atoms with Gasteiger partial charge in [0.05, 0.1) is 34.6 Å². The van der Waals surface area contributed by atoms with Gasteiger partial charge in [-0.25, -0.2) is 14.4 Å². The minimum atomic E-state index is -1.16. The highest BCUT2D eigenvalue weighted by atomic mass is 35.5. The van der Waals surface area contributed by atoms with Gasteiger partial charge in [0.2, 0.25) is 17.8 Å². The second-order valence-corrected chi connectivity index (χ2v) is 11.1. The number of carbonyl (C=O) groups excluding carboxylic acids is 1. The average Bonchev–Trinajstić information content (AvgIpc) is 3.20. The lowest BCUT2D eigenvalue weighted by molar-refractivity contribution is -0.128. The SMILES string of the molecule is CC1(C(N)=O)CCC(n2c(Nc3c(Cl)cc(Cl)cc3Cl)nc3cnc(NC4CCOC[C@H]4F)nc32)CC1. The van der Waals surface area contributed by atoms with Gasteiger partial charge in [0.25, 0.3) is 0 Å². The smallest absolute Gasteiger partial charge is 0.225 e. The van der Waals surface area contributed by atoms with E-state index < -0.39 is 17.6 Å². The van der Waals surface area contributed by atoms with Crippen LogP contribution in [0.3, 0.4) is 0 Å². The van der Waals surface area contributed by atoms with Gasteiger partial charge in [0, 0.05) is 23.1 Å². The number of ether oxygens (including phenoxy) is 1. The van der Waals surface area contributed by atoms with Crippen LogP contribution in [0.25, 0.3) is 11.2 Å². The number of nitrogens with zero attached hydrogens (tertiary/aromatic N) is 4. The molecule has 0 spiro atoms. The van der Waals surface area contributed by atoms with Gasteiger partial charge in [-0.2, -0.15) is 4.98 Å². The predicted molar refractivity (Wildman–Crippen MR) is 143 cm³/mol. The van der Waals surface area contributed by atoms with Crippen LogP contribution >= 0.6 is 34.8 Å². The Kier molecular flexibility index (Phi) is 7.37. The maximum atomic E-state index is 14.4. The number of amides is 1. The Morgan fingerprint density at radius 1 is 1.19 bits per heavy atom. The number of nitrogens with two attached hydrogens (primary N) is 1. The third-order valence-corrected chi connectivity index (χ3v) is 8.11. The number of benzene rings is 1. The number of nitrogens with one attached hydrogen (secondary N) is 2. The van der Waals surface area contributed by atoms with Gasteiger partial charge in [-0.15, -0.1) is 0 Å². The lowest BCUT2D eigenvalue weighted by Crippen LogP contribution is -2.39. The number of anilines is 3. The fourth-order valence-corrected chi connectivity index (χ4v) is 5.86. The molecular weight excluding hydrogens is 544 g/mol. The van der Waals surface area contributed by atoms with Crippen LogP contribution in [0, 0.1) is 5.41 Å². The van der Waals surface area contributed by atoms with Crippen molar-refractivity contribution in [2.24, 2.45) is 11.1 Å². The lowest BCUT2D eigenvalue weighted by Gasteiger charge is -2.35. The maximum Gasteiger partial charge on any atom is 0.225 e. The molecule has 9 nitrogen and oxygen atoms in total. The number of primary amides is 1. The van der Waals surface area contributed by atoms with Crippen molar-refractivity contribution in [1.29, 1.82) is 0 Å². The molecule has 2 aliphatic rings.